The van der Waals surface area contributed by atoms with Crippen molar-refractivity contribution in [3.63, 3.8) is 0 Å². The SMILES string of the molecule is Cc1ccc2c(c1)OC(C)(C)C[C@@H]2NC(=O)/C=C/c1ccc(F)cc1. The molecule has 1 N–H and O–H groups in total. The van der Waals surface area contributed by atoms with Crippen molar-refractivity contribution in [3.05, 3.63) is 71.0 Å². The molecule has 3 nitrogen and oxygen atoms in total. The number of hydrogen-bond donors (Lipinski definition) is 1. The molecular weight excluding hydrogens is 317 g/mol. The monoisotopic (exact) mass is 339 g/mol. The van der Waals surface area contributed by atoms with E-state index in [4.69, 9.17) is 4.74 Å². The van der Waals surface area contributed by atoms with Gasteiger partial charge in [-0.2, -0.15) is 0 Å². The maximum atomic E-state index is 12.9. The highest BCUT2D eigenvalue weighted by molar-refractivity contribution is 5.92. The second-order valence-electron chi connectivity index (χ2n) is 7.05. The van der Waals surface area contributed by atoms with E-state index in [0.29, 0.717) is 6.42 Å². The molecule has 0 bridgehead atoms. The van der Waals surface area contributed by atoms with Crippen LogP contribution in [0.5, 0.6) is 5.75 Å². The molecule has 0 unspecified atom stereocenters. The average Bonchev–Trinajstić information content (AvgIpc) is 2.52. The van der Waals surface area contributed by atoms with Gasteiger partial charge in [0, 0.05) is 18.1 Å². The summed E-state index contributed by atoms with van der Waals surface area (Å²) in [6.07, 6.45) is 3.85. The zero-order chi connectivity index (χ0) is 18.0. The number of rotatable bonds is 3. The summed E-state index contributed by atoms with van der Waals surface area (Å²) in [5.74, 6) is 0.348. The van der Waals surface area contributed by atoms with Crippen LogP contribution in [0.4, 0.5) is 4.39 Å². The summed E-state index contributed by atoms with van der Waals surface area (Å²) in [6, 6.07) is 11.9. The molecule has 0 aromatic heterocycles. The van der Waals surface area contributed by atoms with Crippen LogP contribution in [0.15, 0.2) is 48.5 Å². The summed E-state index contributed by atoms with van der Waals surface area (Å²) in [6.45, 7) is 6.06. The molecule has 2 aromatic carbocycles. The summed E-state index contributed by atoms with van der Waals surface area (Å²) in [4.78, 5) is 12.3. The van der Waals surface area contributed by atoms with E-state index < -0.39 is 0 Å². The molecule has 0 fully saturated rings. The van der Waals surface area contributed by atoms with E-state index >= 15 is 0 Å². The molecule has 130 valence electrons. The van der Waals surface area contributed by atoms with Crippen molar-refractivity contribution in [1.29, 1.82) is 0 Å². The summed E-state index contributed by atoms with van der Waals surface area (Å²) in [7, 11) is 0. The second kappa shape index (κ2) is 6.71. The van der Waals surface area contributed by atoms with Crippen LogP contribution in [0.2, 0.25) is 0 Å². The lowest BCUT2D eigenvalue weighted by Gasteiger charge is -2.38. The first kappa shape index (κ1) is 17.2. The molecule has 0 saturated carbocycles. The van der Waals surface area contributed by atoms with Gasteiger partial charge in [0.25, 0.3) is 0 Å². The van der Waals surface area contributed by atoms with Crippen molar-refractivity contribution < 1.29 is 13.9 Å². The van der Waals surface area contributed by atoms with Crippen LogP contribution in [-0.2, 0) is 4.79 Å². The number of aryl methyl sites for hydroxylation is 1. The van der Waals surface area contributed by atoms with Gasteiger partial charge in [0.05, 0.1) is 6.04 Å². The molecule has 25 heavy (non-hydrogen) atoms. The van der Waals surface area contributed by atoms with Crippen molar-refractivity contribution in [2.75, 3.05) is 0 Å². The van der Waals surface area contributed by atoms with Gasteiger partial charge in [-0.25, -0.2) is 4.39 Å². The summed E-state index contributed by atoms with van der Waals surface area (Å²) in [5.41, 5.74) is 2.55. The van der Waals surface area contributed by atoms with Crippen LogP contribution in [0.3, 0.4) is 0 Å². The Kier molecular flexibility index (Phi) is 4.62. The predicted octanol–water partition coefficient (Wildman–Crippen LogP) is 4.57. The van der Waals surface area contributed by atoms with E-state index in [-0.39, 0.29) is 23.4 Å². The molecule has 3 rings (SSSR count). The fraction of sp³-hybridized carbons (Fsp3) is 0.286. The highest BCUT2D eigenvalue weighted by Gasteiger charge is 2.34. The minimum Gasteiger partial charge on any atom is -0.487 e. The number of ether oxygens (including phenoxy) is 1. The van der Waals surface area contributed by atoms with Crippen LogP contribution in [0, 0.1) is 12.7 Å². The molecule has 0 radical (unpaired) electrons. The fourth-order valence-corrected chi connectivity index (χ4v) is 3.05. The standard InChI is InChI=1S/C21H22FNO2/c1-14-4-10-17-18(13-21(2,3)25-19(17)12-14)23-20(24)11-7-15-5-8-16(22)9-6-15/h4-12,18H,13H2,1-3H3,(H,23,24)/b11-7+/t18-/m0/s1. The Balaban J connectivity index is 1.75. The third-order valence-electron chi connectivity index (χ3n) is 4.24. The molecule has 1 heterocycles. The molecule has 1 aliphatic rings. The van der Waals surface area contributed by atoms with Gasteiger partial charge in [0.15, 0.2) is 0 Å². The first-order valence-electron chi connectivity index (χ1n) is 8.36. The lowest BCUT2D eigenvalue weighted by atomic mass is 9.89. The van der Waals surface area contributed by atoms with Gasteiger partial charge >= 0.3 is 0 Å². The van der Waals surface area contributed by atoms with E-state index in [9.17, 15) is 9.18 Å². The van der Waals surface area contributed by atoms with Gasteiger partial charge in [-0.15, -0.1) is 0 Å². The Bertz CT molecular complexity index is 809. The van der Waals surface area contributed by atoms with Gasteiger partial charge in [-0.3, -0.25) is 4.79 Å². The van der Waals surface area contributed by atoms with Crippen molar-refractivity contribution in [2.45, 2.75) is 38.8 Å². The predicted molar refractivity (Wildman–Crippen MR) is 96.8 cm³/mol. The Morgan fingerprint density at radius 3 is 2.68 bits per heavy atom. The summed E-state index contributed by atoms with van der Waals surface area (Å²) in [5, 5.41) is 3.05. The Hall–Kier alpha value is -2.62. The second-order valence-corrected chi connectivity index (χ2v) is 7.05. The molecule has 1 aliphatic heterocycles. The maximum Gasteiger partial charge on any atom is 0.244 e. The molecule has 1 amide bonds. The number of amides is 1. The van der Waals surface area contributed by atoms with Crippen LogP contribution < -0.4 is 10.1 Å². The molecule has 0 aliphatic carbocycles. The average molecular weight is 339 g/mol. The number of fused-ring (bicyclic) bond motifs is 1. The fourth-order valence-electron chi connectivity index (χ4n) is 3.05. The highest BCUT2D eigenvalue weighted by Crippen LogP contribution is 2.39. The van der Waals surface area contributed by atoms with Crippen molar-refractivity contribution >= 4 is 12.0 Å². The van der Waals surface area contributed by atoms with Gasteiger partial charge in [-0.05, 0) is 56.2 Å². The van der Waals surface area contributed by atoms with Crippen molar-refractivity contribution in [3.8, 4) is 5.75 Å². The van der Waals surface area contributed by atoms with E-state index in [1.807, 2.05) is 39.0 Å². The molecule has 1 atom stereocenters. The smallest absolute Gasteiger partial charge is 0.244 e. The van der Waals surface area contributed by atoms with Crippen LogP contribution in [0.25, 0.3) is 6.08 Å². The van der Waals surface area contributed by atoms with Gasteiger partial charge in [0.2, 0.25) is 5.91 Å². The minimum atomic E-state index is -0.348. The van der Waals surface area contributed by atoms with E-state index in [1.165, 1.54) is 18.2 Å². The lowest BCUT2D eigenvalue weighted by Crippen LogP contribution is -2.40. The maximum absolute atomic E-state index is 12.9. The molecule has 4 heteroatoms. The highest BCUT2D eigenvalue weighted by atomic mass is 19.1. The third kappa shape index (κ3) is 4.27. The van der Waals surface area contributed by atoms with Crippen LogP contribution in [0.1, 0.15) is 43.0 Å². The van der Waals surface area contributed by atoms with Crippen molar-refractivity contribution in [2.24, 2.45) is 0 Å². The van der Waals surface area contributed by atoms with E-state index in [0.717, 1.165) is 22.4 Å². The van der Waals surface area contributed by atoms with Crippen LogP contribution in [-0.4, -0.2) is 11.5 Å². The molecule has 0 spiro atoms. The first-order valence-corrected chi connectivity index (χ1v) is 8.36. The third-order valence-corrected chi connectivity index (χ3v) is 4.24. The summed E-state index contributed by atoms with van der Waals surface area (Å²) < 4.78 is 19.0. The van der Waals surface area contributed by atoms with Crippen molar-refractivity contribution in [1.82, 2.24) is 5.32 Å². The number of carbonyl (C=O) groups is 1. The number of nitrogens with one attached hydrogen (secondary N) is 1. The number of halogens is 1. The lowest BCUT2D eigenvalue weighted by molar-refractivity contribution is -0.117. The minimum absolute atomic E-state index is 0.107. The quantitative estimate of drug-likeness (QED) is 0.832. The number of carbonyl (C=O) groups excluding carboxylic acids is 1. The topological polar surface area (TPSA) is 38.3 Å². The Labute approximate surface area is 147 Å². The Morgan fingerprint density at radius 2 is 1.96 bits per heavy atom. The number of benzene rings is 2. The molecule has 0 saturated heterocycles. The zero-order valence-electron chi connectivity index (χ0n) is 14.7. The van der Waals surface area contributed by atoms with Gasteiger partial charge < -0.3 is 10.1 Å². The Morgan fingerprint density at radius 1 is 1.24 bits per heavy atom. The van der Waals surface area contributed by atoms with Gasteiger partial charge in [-0.1, -0.05) is 24.3 Å². The molecular formula is C21H22FNO2. The summed E-state index contributed by atoms with van der Waals surface area (Å²) >= 11 is 0. The van der Waals surface area contributed by atoms with E-state index in [2.05, 4.69) is 5.32 Å². The largest absolute Gasteiger partial charge is 0.487 e. The van der Waals surface area contributed by atoms with Gasteiger partial charge in [0.1, 0.15) is 17.2 Å². The van der Waals surface area contributed by atoms with E-state index in [1.54, 1.807) is 18.2 Å². The zero-order valence-corrected chi connectivity index (χ0v) is 14.7. The normalized spacial score (nSPS) is 18.5. The number of hydrogen-bond acceptors (Lipinski definition) is 2. The van der Waals surface area contributed by atoms with Crippen LogP contribution >= 0.6 is 0 Å². The first-order chi connectivity index (χ1) is 11.8. The molecule has 2 aromatic rings.